The maximum absolute atomic E-state index is 13.5. The number of carbonyl (C=O) groups excluding carboxylic acids is 1. The molecule has 0 aromatic heterocycles. The molecule has 1 saturated heterocycles. The number of amides is 1. The van der Waals surface area contributed by atoms with E-state index in [9.17, 15) is 9.18 Å². The highest BCUT2D eigenvalue weighted by atomic mass is 19.1. The van der Waals surface area contributed by atoms with E-state index in [0.29, 0.717) is 30.0 Å². The summed E-state index contributed by atoms with van der Waals surface area (Å²) in [5, 5.41) is 6.27. The van der Waals surface area contributed by atoms with Crippen LogP contribution in [0, 0.1) is 25.6 Å². The Hall–Kier alpha value is -1.42. The van der Waals surface area contributed by atoms with E-state index in [1.807, 2.05) is 0 Å². The van der Waals surface area contributed by atoms with Crippen LogP contribution in [0.2, 0.25) is 0 Å². The molecule has 1 aromatic carbocycles. The van der Waals surface area contributed by atoms with Crippen molar-refractivity contribution in [2.75, 3.05) is 13.1 Å². The van der Waals surface area contributed by atoms with E-state index in [2.05, 4.69) is 10.6 Å². The van der Waals surface area contributed by atoms with Crippen molar-refractivity contribution >= 4 is 5.91 Å². The van der Waals surface area contributed by atoms with E-state index >= 15 is 0 Å². The van der Waals surface area contributed by atoms with E-state index in [-0.39, 0.29) is 11.7 Å². The summed E-state index contributed by atoms with van der Waals surface area (Å²) in [6, 6.07) is 3.60. The van der Waals surface area contributed by atoms with Gasteiger partial charge in [0.15, 0.2) is 0 Å². The molecule has 1 aromatic rings. The fraction of sp³-hybridized carbons (Fsp3) is 0.588. The van der Waals surface area contributed by atoms with E-state index in [1.165, 1.54) is 12.8 Å². The highest BCUT2D eigenvalue weighted by Gasteiger charge is 2.14. The first-order valence-electron chi connectivity index (χ1n) is 7.79. The first-order chi connectivity index (χ1) is 10.1. The summed E-state index contributed by atoms with van der Waals surface area (Å²) < 4.78 is 13.5. The summed E-state index contributed by atoms with van der Waals surface area (Å²) in [5.41, 5.74) is 2.23. The lowest BCUT2D eigenvalue weighted by Crippen LogP contribution is -2.29. The molecule has 0 aliphatic carbocycles. The van der Waals surface area contributed by atoms with Gasteiger partial charge < -0.3 is 10.6 Å². The Morgan fingerprint density at radius 2 is 1.90 bits per heavy atom. The molecule has 0 radical (unpaired) electrons. The Bertz CT molecular complexity index is 473. The number of benzene rings is 1. The third-order valence-electron chi connectivity index (χ3n) is 4.22. The number of rotatable bonds is 5. The predicted octanol–water partition coefficient (Wildman–Crippen LogP) is 2.84. The Morgan fingerprint density at radius 3 is 2.52 bits per heavy atom. The van der Waals surface area contributed by atoms with Crippen LogP contribution in [-0.4, -0.2) is 19.0 Å². The van der Waals surface area contributed by atoms with Crippen molar-refractivity contribution < 1.29 is 9.18 Å². The zero-order chi connectivity index (χ0) is 15.2. The highest BCUT2D eigenvalue weighted by Crippen LogP contribution is 2.18. The SMILES string of the molecule is Cc1cc(CNC(=O)CCC2CCNCC2)cc(C)c1F. The van der Waals surface area contributed by atoms with Gasteiger partial charge in [-0.05, 0) is 68.8 Å². The van der Waals surface area contributed by atoms with E-state index in [0.717, 1.165) is 25.1 Å². The second kappa shape index (κ2) is 7.55. The van der Waals surface area contributed by atoms with Crippen LogP contribution in [0.5, 0.6) is 0 Å². The quantitative estimate of drug-likeness (QED) is 0.876. The molecule has 0 unspecified atom stereocenters. The van der Waals surface area contributed by atoms with Crippen LogP contribution in [0.3, 0.4) is 0 Å². The number of nitrogens with one attached hydrogen (secondary N) is 2. The van der Waals surface area contributed by atoms with Gasteiger partial charge in [-0.1, -0.05) is 12.1 Å². The number of carbonyl (C=O) groups is 1. The van der Waals surface area contributed by atoms with Gasteiger partial charge in [0.2, 0.25) is 5.91 Å². The van der Waals surface area contributed by atoms with Crippen LogP contribution in [0.1, 0.15) is 42.4 Å². The molecule has 3 nitrogen and oxygen atoms in total. The fourth-order valence-corrected chi connectivity index (χ4v) is 2.93. The Balaban J connectivity index is 1.75. The maximum Gasteiger partial charge on any atom is 0.220 e. The molecule has 0 saturated carbocycles. The minimum atomic E-state index is -0.156. The monoisotopic (exact) mass is 292 g/mol. The van der Waals surface area contributed by atoms with Gasteiger partial charge in [-0.15, -0.1) is 0 Å². The molecule has 1 fully saturated rings. The largest absolute Gasteiger partial charge is 0.352 e. The molecule has 2 N–H and O–H groups in total. The third kappa shape index (κ3) is 4.81. The summed E-state index contributed by atoms with van der Waals surface area (Å²) in [6.07, 6.45) is 3.89. The lowest BCUT2D eigenvalue weighted by Gasteiger charge is -2.22. The van der Waals surface area contributed by atoms with Gasteiger partial charge in [-0.3, -0.25) is 4.79 Å². The first kappa shape index (κ1) is 16.0. The molecular weight excluding hydrogens is 267 g/mol. The van der Waals surface area contributed by atoms with Crippen molar-refractivity contribution in [3.63, 3.8) is 0 Å². The lowest BCUT2D eigenvalue weighted by molar-refractivity contribution is -0.121. The van der Waals surface area contributed by atoms with E-state index in [4.69, 9.17) is 0 Å². The molecule has 1 aliphatic heterocycles. The zero-order valence-corrected chi connectivity index (χ0v) is 13.0. The van der Waals surface area contributed by atoms with Crippen LogP contribution in [0.4, 0.5) is 4.39 Å². The van der Waals surface area contributed by atoms with Crippen LogP contribution in [-0.2, 0) is 11.3 Å². The van der Waals surface area contributed by atoms with Gasteiger partial charge in [0.25, 0.3) is 0 Å². The van der Waals surface area contributed by atoms with Gasteiger partial charge >= 0.3 is 0 Å². The van der Waals surface area contributed by atoms with E-state index < -0.39 is 0 Å². The standard InChI is InChI=1S/C17H25FN2O/c1-12-9-15(10-13(2)17(12)18)11-20-16(21)4-3-14-5-7-19-8-6-14/h9-10,14,19H,3-8,11H2,1-2H3,(H,20,21). The second-order valence-electron chi connectivity index (χ2n) is 6.05. The smallest absolute Gasteiger partial charge is 0.220 e. The molecule has 116 valence electrons. The van der Waals surface area contributed by atoms with Gasteiger partial charge in [-0.2, -0.15) is 0 Å². The summed E-state index contributed by atoms with van der Waals surface area (Å²) in [6.45, 7) is 6.13. The fourth-order valence-electron chi connectivity index (χ4n) is 2.93. The van der Waals surface area contributed by atoms with Crippen molar-refractivity contribution in [3.8, 4) is 0 Å². The molecule has 21 heavy (non-hydrogen) atoms. The summed E-state index contributed by atoms with van der Waals surface area (Å²) in [5.74, 6) is 0.608. The molecule has 0 spiro atoms. The Morgan fingerprint density at radius 1 is 1.29 bits per heavy atom. The molecule has 4 heteroatoms. The molecule has 1 amide bonds. The van der Waals surface area contributed by atoms with Gasteiger partial charge in [0.05, 0.1) is 0 Å². The zero-order valence-electron chi connectivity index (χ0n) is 13.0. The summed E-state index contributed by atoms with van der Waals surface area (Å²) in [4.78, 5) is 11.9. The van der Waals surface area contributed by atoms with Gasteiger partial charge in [0.1, 0.15) is 5.82 Å². The number of halogens is 1. The van der Waals surface area contributed by atoms with Crippen molar-refractivity contribution in [1.82, 2.24) is 10.6 Å². The average molecular weight is 292 g/mol. The Kier molecular flexibility index (Phi) is 5.74. The average Bonchev–Trinajstić information content (AvgIpc) is 2.49. The highest BCUT2D eigenvalue weighted by molar-refractivity contribution is 5.75. The minimum Gasteiger partial charge on any atom is -0.352 e. The molecular formula is C17H25FN2O. The van der Waals surface area contributed by atoms with Crippen molar-refractivity contribution in [2.45, 2.75) is 46.1 Å². The normalized spacial score (nSPS) is 16.0. The molecule has 1 heterocycles. The maximum atomic E-state index is 13.5. The number of aryl methyl sites for hydroxylation is 2. The summed E-state index contributed by atoms with van der Waals surface area (Å²) >= 11 is 0. The number of hydrogen-bond acceptors (Lipinski definition) is 2. The molecule has 0 atom stereocenters. The van der Waals surface area contributed by atoms with Crippen LogP contribution in [0.25, 0.3) is 0 Å². The lowest BCUT2D eigenvalue weighted by atomic mass is 9.93. The molecule has 1 aliphatic rings. The van der Waals surface area contributed by atoms with Crippen molar-refractivity contribution in [1.29, 1.82) is 0 Å². The second-order valence-corrected chi connectivity index (χ2v) is 6.05. The van der Waals surface area contributed by atoms with E-state index in [1.54, 1.807) is 26.0 Å². The number of piperidine rings is 1. The Labute approximate surface area is 126 Å². The predicted molar refractivity (Wildman–Crippen MR) is 82.5 cm³/mol. The minimum absolute atomic E-state index is 0.0909. The summed E-state index contributed by atoms with van der Waals surface area (Å²) in [7, 11) is 0. The third-order valence-corrected chi connectivity index (χ3v) is 4.22. The van der Waals surface area contributed by atoms with Crippen LogP contribution < -0.4 is 10.6 Å². The van der Waals surface area contributed by atoms with Crippen molar-refractivity contribution in [3.05, 3.63) is 34.6 Å². The first-order valence-corrected chi connectivity index (χ1v) is 7.79. The number of hydrogen-bond donors (Lipinski definition) is 2. The van der Waals surface area contributed by atoms with Crippen molar-refractivity contribution in [2.24, 2.45) is 5.92 Å². The molecule has 0 bridgehead atoms. The molecule has 2 rings (SSSR count). The van der Waals surface area contributed by atoms with Crippen LogP contribution >= 0.6 is 0 Å². The van der Waals surface area contributed by atoms with Crippen LogP contribution in [0.15, 0.2) is 12.1 Å². The topological polar surface area (TPSA) is 41.1 Å². The van der Waals surface area contributed by atoms with Gasteiger partial charge in [-0.25, -0.2) is 4.39 Å². The van der Waals surface area contributed by atoms with Gasteiger partial charge in [0, 0.05) is 13.0 Å².